The van der Waals surface area contributed by atoms with Gasteiger partial charge in [0.1, 0.15) is 0 Å². The summed E-state index contributed by atoms with van der Waals surface area (Å²) in [7, 11) is 0. The average Bonchev–Trinajstić information content (AvgIpc) is 2.98. The zero-order chi connectivity index (χ0) is 15.9. The average molecular weight is 392 g/mol. The second kappa shape index (κ2) is 6.04. The Labute approximate surface area is 148 Å². The molecule has 1 aliphatic carbocycles. The number of hydrogen-bond donors (Lipinski definition) is 1. The van der Waals surface area contributed by atoms with Gasteiger partial charge in [-0.05, 0) is 65.4 Å². The number of fused-ring (bicyclic) bond motifs is 1. The number of halogens is 1. The summed E-state index contributed by atoms with van der Waals surface area (Å²) >= 11 is 5.25. The number of amides is 1. The van der Waals surface area contributed by atoms with Crippen molar-refractivity contribution in [2.45, 2.75) is 30.9 Å². The van der Waals surface area contributed by atoms with Crippen LogP contribution in [0.2, 0.25) is 0 Å². The molecule has 1 saturated heterocycles. The third kappa shape index (κ3) is 2.86. The quantitative estimate of drug-likeness (QED) is 0.832. The zero-order valence-corrected chi connectivity index (χ0v) is 15.0. The van der Waals surface area contributed by atoms with Gasteiger partial charge in [-0.15, -0.1) is 11.3 Å². The first-order valence-electron chi connectivity index (χ1n) is 7.91. The second-order valence-electron chi connectivity index (χ2n) is 6.39. The lowest BCUT2D eigenvalue weighted by Gasteiger charge is -2.54. The Hall–Kier alpha value is -1.17. The maximum absolute atomic E-state index is 12.5. The maximum atomic E-state index is 12.5. The number of ether oxygens (including phenoxy) is 1. The highest BCUT2D eigenvalue weighted by Gasteiger charge is 2.52. The minimum Gasteiger partial charge on any atom is -0.370 e. The fourth-order valence-corrected chi connectivity index (χ4v) is 5.08. The fraction of sp³-hybridized carbons (Fsp3) is 0.389. The number of benzene rings is 1. The van der Waals surface area contributed by atoms with E-state index in [2.05, 4.69) is 33.4 Å². The third-order valence-corrected chi connectivity index (χ3v) is 6.79. The molecule has 1 saturated carbocycles. The Morgan fingerprint density at radius 1 is 1.26 bits per heavy atom. The summed E-state index contributed by atoms with van der Waals surface area (Å²) in [4.78, 5) is 13.8. The standard InChI is InChI=1S/C18H18BrNO2S/c19-16-7-6-15(23-16)14-10-13-8-9-18(13,11-22-14)20-17(21)12-4-2-1-3-5-12/h1-7,13-14H,8-11H2,(H,20,21)/t13-,14+,18-/m1/s1. The Bertz CT molecular complexity index is 717. The highest BCUT2D eigenvalue weighted by atomic mass is 79.9. The Kier molecular flexibility index (Phi) is 4.03. The second-order valence-corrected chi connectivity index (χ2v) is 8.88. The van der Waals surface area contributed by atoms with E-state index in [0.29, 0.717) is 12.5 Å². The van der Waals surface area contributed by atoms with Crippen molar-refractivity contribution >= 4 is 33.2 Å². The van der Waals surface area contributed by atoms with Gasteiger partial charge in [0.2, 0.25) is 0 Å². The number of hydrogen-bond acceptors (Lipinski definition) is 3. The molecule has 0 unspecified atom stereocenters. The number of nitrogens with one attached hydrogen (secondary N) is 1. The first-order valence-corrected chi connectivity index (χ1v) is 9.52. The van der Waals surface area contributed by atoms with Gasteiger partial charge >= 0.3 is 0 Å². The van der Waals surface area contributed by atoms with Crippen molar-refractivity contribution < 1.29 is 9.53 Å². The molecule has 0 radical (unpaired) electrons. The van der Waals surface area contributed by atoms with E-state index in [0.717, 1.165) is 22.2 Å². The van der Waals surface area contributed by atoms with Crippen LogP contribution >= 0.6 is 27.3 Å². The Morgan fingerprint density at radius 2 is 2.09 bits per heavy atom. The van der Waals surface area contributed by atoms with Gasteiger partial charge in [-0.1, -0.05) is 18.2 Å². The van der Waals surface area contributed by atoms with Crippen LogP contribution < -0.4 is 5.32 Å². The largest absolute Gasteiger partial charge is 0.370 e. The molecule has 0 bridgehead atoms. The van der Waals surface area contributed by atoms with Crippen LogP contribution in [0.15, 0.2) is 46.3 Å². The van der Waals surface area contributed by atoms with Gasteiger partial charge < -0.3 is 10.1 Å². The summed E-state index contributed by atoms with van der Waals surface area (Å²) in [5.74, 6) is 0.519. The third-order valence-electron chi connectivity index (χ3n) is 5.07. The van der Waals surface area contributed by atoms with Crippen LogP contribution in [0.5, 0.6) is 0 Å². The van der Waals surface area contributed by atoms with E-state index >= 15 is 0 Å². The molecular weight excluding hydrogens is 374 g/mol. The zero-order valence-electron chi connectivity index (χ0n) is 12.6. The predicted octanol–water partition coefficient (Wildman–Crippen LogP) is 4.55. The van der Waals surface area contributed by atoms with Gasteiger partial charge in [0.15, 0.2) is 0 Å². The summed E-state index contributed by atoms with van der Waals surface area (Å²) in [6, 6.07) is 13.6. The molecule has 23 heavy (non-hydrogen) atoms. The normalized spacial score (nSPS) is 29.4. The van der Waals surface area contributed by atoms with Gasteiger partial charge in [0, 0.05) is 10.4 Å². The minimum absolute atomic E-state index is 0.0104. The Balaban J connectivity index is 1.45. The van der Waals surface area contributed by atoms with Crippen LogP contribution in [0.25, 0.3) is 0 Å². The van der Waals surface area contributed by atoms with E-state index < -0.39 is 0 Å². The maximum Gasteiger partial charge on any atom is 0.251 e. The highest BCUT2D eigenvalue weighted by Crippen LogP contribution is 2.50. The summed E-state index contributed by atoms with van der Waals surface area (Å²) in [6.45, 7) is 0.608. The SMILES string of the molecule is O=C(N[C@@]12CC[C@@H]1C[C@@H](c1ccc(Br)s1)OC2)c1ccccc1. The van der Waals surface area contributed by atoms with Gasteiger partial charge in [-0.2, -0.15) is 0 Å². The van der Waals surface area contributed by atoms with Gasteiger partial charge in [0.25, 0.3) is 5.91 Å². The van der Waals surface area contributed by atoms with Crippen LogP contribution in [0.4, 0.5) is 0 Å². The molecule has 1 N–H and O–H groups in total. The van der Waals surface area contributed by atoms with Crippen LogP contribution in [-0.2, 0) is 4.74 Å². The van der Waals surface area contributed by atoms with Crippen molar-refractivity contribution in [1.29, 1.82) is 0 Å². The number of carbonyl (C=O) groups is 1. The molecule has 1 aliphatic heterocycles. The van der Waals surface area contributed by atoms with E-state index in [-0.39, 0.29) is 17.6 Å². The van der Waals surface area contributed by atoms with E-state index in [1.54, 1.807) is 11.3 Å². The molecule has 2 fully saturated rings. The summed E-state index contributed by atoms with van der Waals surface area (Å²) in [5.41, 5.74) is 0.551. The van der Waals surface area contributed by atoms with Crippen molar-refractivity contribution in [2.24, 2.45) is 5.92 Å². The smallest absolute Gasteiger partial charge is 0.251 e. The van der Waals surface area contributed by atoms with Crippen molar-refractivity contribution in [3.63, 3.8) is 0 Å². The van der Waals surface area contributed by atoms with Crippen LogP contribution in [-0.4, -0.2) is 18.1 Å². The van der Waals surface area contributed by atoms with Crippen molar-refractivity contribution in [3.05, 3.63) is 56.7 Å². The van der Waals surface area contributed by atoms with Crippen LogP contribution in [0.1, 0.15) is 40.6 Å². The highest BCUT2D eigenvalue weighted by molar-refractivity contribution is 9.11. The van der Waals surface area contributed by atoms with Crippen LogP contribution in [0, 0.1) is 5.92 Å². The van der Waals surface area contributed by atoms with E-state index in [1.807, 2.05) is 30.3 Å². The van der Waals surface area contributed by atoms with E-state index in [1.165, 1.54) is 11.3 Å². The fourth-order valence-electron chi connectivity index (χ4n) is 3.59. The lowest BCUT2D eigenvalue weighted by molar-refractivity contribution is -0.112. The first kappa shape index (κ1) is 15.4. The molecule has 1 aromatic carbocycles. The van der Waals surface area contributed by atoms with Gasteiger partial charge in [-0.25, -0.2) is 0 Å². The molecule has 1 amide bonds. The molecule has 4 rings (SSSR count). The van der Waals surface area contributed by atoms with Crippen LogP contribution in [0.3, 0.4) is 0 Å². The molecule has 120 valence electrons. The summed E-state index contributed by atoms with van der Waals surface area (Å²) in [5, 5.41) is 3.26. The Morgan fingerprint density at radius 3 is 2.70 bits per heavy atom. The number of rotatable bonds is 3. The van der Waals surface area contributed by atoms with E-state index in [9.17, 15) is 4.79 Å². The topological polar surface area (TPSA) is 38.3 Å². The van der Waals surface area contributed by atoms with Crippen molar-refractivity contribution in [1.82, 2.24) is 5.32 Å². The molecular formula is C18H18BrNO2S. The lowest BCUT2D eigenvalue weighted by atomic mass is 9.63. The minimum atomic E-state index is -0.169. The van der Waals surface area contributed by atoms with Gasteiger partial charge in [-0.3, -0.25) is 4.79 Å². The molecule has 0 spiro atoms. The monoisotopic (exact) mass is 391 g/mol. The molecule has 2 aliphatic rings. The van der Waals surface area contributed by atoms with Crippen molar-refractivity contribution in [3.8, 4) is 0 Å². The molecule has 1 aromatic heterocycles. The predicted molar refractivity (Wildman–Crippen MR) is 94.7 cm³/mol. The molecule has 2 aromatic rings. The van der Waals surface area contributed by atoms with Gasteiger partial charge in [0.05, 0.1) is 22.0 Å². The summed E-state index contributed by atoms with van der Waals surface area (Å²) in [6.07, 6.45) is 3.33. The molecule has 3 nitrogen and oxygen atoms in total. The number of carbonyl (C=O) groups excluding carboxylic acids is 1. The first-order chi connectivity index (χ1) is 11.2. The molecule has 3 atom stereocenters. The number of thiophene rings is 1. The lowest BCUT2D eigenvalue weighted by Crippen LogP contribution is -2.65. The van der Waals surface area contributed by atoms with Crippen molar-refractivity contribution in [2.75, 3.05) is 6.61 Å². The van der Waals surface area contributed by atoms with E-state index in [4.69, 9.17) is 4.74 Å². The molecule has 5 heteroatoms. The summed E-state index contributed by atoms with van der Waals surface area (Å²) < 4.78 is 7.26. The molecule has 2 heterocycles.